The van der Waals surface area contributed by atoms with Gasteiger partial charge < -0.3 is 13.6 Å². The number of hydrogen-bond donors (Lipinski definition) is 0. The largest absolute Gasteiger partial charge is 0.381 e. The third-order valence-electron chi connectivity index (χ3n) is 5.53. The highest BCUT2D eigenvalue weighted by molar-refractivity contribution is 8.00. The van der Waals surface area contributed by atoms with Crippen molar-refractivity contribution in [1.29, 1.82) is 0 Å². The predicted molar refractivity (Wildman–Crippen MR) is 123 cm³/mol. The first kappa shape index (κ1) is 20.3. The van der Waals surface area contributed by atoms with E-state index in [0.29, 0.717) is 5.92 Å². The zero-order chi connectivity index (χ0) is 20.4. The summed E-state index contributed by atoms with van der Waals surface area (Å²) in [5.74, 6) is 1.84. The van der Waals surface area contributed by atoms with Crippen molar-refractivity contribution in [3.8, 4) is 0 Å². The summed E-state index contributed by atoms with van der Waals surface area (Å²) in [6, 6.07) is 17.2. The van der Waals surface area contributed by atoms with Gasteiger partial charge in [-0.2, -0.15) is 0 Å². The number of nitrogens with zero attached hydrogens (tertiary/aromatic N) is 3. The van der Waals surface area contributed by atoms with Gasteiger partial charge in [0.1, 0.15) is 5.82 Å². The molecule has 154 valence electrons. The lowest BCUT2D eigenvalue weighted by Crippen LogP contribution is -2.25. The highest BCUT2D eigenvalue weighted by atomic mass is 32.2. The number of fused-ring (bicyclic) bond motifs is 1. The van der Waals surface area contributed by atoms with Crippen molar-refractivity contribution < 1.29 is 4.74 Å². The van der Waals surface area contributed by atoms with E-state index in [-0.39, 0.29) is 5.41 Å². The maximum absolute atomic E-state index is 5.56. The van der Waals surface area contributed by atoms with Crippen LogP contribution in [0.25, 0.3) is 11.0 Å². The van der Waals surface area contributed by atoms with E-state index in [1.54, 1.807) is 11.9 Å². The SMILES string of the molecule is CN(Sc1ccccc1)c1ccc2c(c1)nc(C(C)(C)C)n2CC1CCOCC1. The zero-order valence-corrected chi connectivity index (χ0v) is 18.7. The monoisotopic (exact) mass is 409 g/mol. The fraction of sp³-hybridized carbons (Fsp3) is 0.458. The molecule has 2 aromatic carbocycles. The first-order valence-electron chi connectivity index (χ1n) is 10.5. The van der Waals surface area contributed by atoms with Gasteiger partial charge in [-0.3, -0.25) is 0 Å². The fourth-order valence-electron chi connectivity index (χ4n) is 3.95. The lowest BCUT2D eigenvalue weighted by molar-refractivity contribution is 0.0611. The van der Waals surface area contributed by atoms with E-state index in [1.807, 2.05) is 0 Å². The molecule has 0 amide bonds. The molecule has 0 spiro atoms. The second-order valence-corrected chi connectivity index (χ2v) is 10.1. The molecular weight excluding hydrogens is 378 g/mol. The van der Waals surface area contributed by atoms with E-state index >= 15 is 0 Å². The molecule has 5 heteroatoms. The Balaban J connectivity index is 1.65. The Labute approximate surface area is 178 Å². The minimum absolute atomic E-state index is 0.00897. The summed E-state index contributed by atoms with van der Waals surface area (Å²) >= 11 is 1.74. The van der Waals surface area contributed by atoms with Crippen molar-refractivity contribution >= 4 is 28.7 Å². The molecule has 0 unspecified atom stereocenters. The first-order valence-corrected chi connectivity index (χ1v) is 11.2. The van der Waals surface area contributed by atoms with Gasteiger partial charge in [-0.25, -0.2) is 4.98 Å². The smallest absolute Gasteiger partial charge is 0.115 e. The van der Waals surface area contributed by atoms with Gasteiger partial charge in [0.05, 0.1) is 11.0 Å². The third kappa shape index (κ3) is 4.62. The molecule has 0 N–H and O–H groups in total. The molecule has 1 fully saturated rings. The lowest BCUT2D eigenvalue weighted by atomic mass is 9.94. The first-order chi connectivity index (χ1) is 13.9. The Kier molecular flexibility index (Phi) is 5.88. The second-order valence-electron chi connectivity index (χ2n) is 8.93. The molecule has 4 nitrogen and oxygen atoms in total. The molecule has 0 aliphatic carbocycles. The third-order valence-corrected chi connectivity index (χ3v) is 6.50. The van der Waals surface area contributed by atoms with Gasteiger partial charge in [0.2, 0.25) is 0 Å². The van der Waals surface area contributed by atoms with Crippen LogP contribution in [-0.2, 0) is 16.7 Å². The minimum atomic E-state index is 0.00897. The van der Waals surface area contributed by atoms with Crippen molar-refractivity contribution in [3.05, 3.63) is 54.4 Å². The predicted octanol–water partition coefficient (Wildman–Crippen LogP) is 5.90. The molecule has 29 heavy (non-hydrogen) atoms. The average Bonchev–Trinajstić information content (AvgIpc) is 3.08. The van der Waals surface area contributed by atoms with E-state index in [1.165, 1.54) is 21.9 Å². The molecule has 1 aliphatic rings. The van der Waals surface area contributed by atoms with Crippen LogP contribution in [0.4, 0.5) is 5.69 Å². The van der Waals surface area contributed by atoms with Crippen LogP contribution in [0.2, 0.25) is 0 Å². The van der Waals surface area contributed by atoms with Crippen molar-refractivity contribution in [1.82, 2.24) is 9.55 Å². The highest BCUT2D eigenvalue weighted by Gasteiger charge is 2.25. The van der Waals surface area contributed by atoms with Crippen LogP contribution >= 0.6 is 11.9 Å². The summed E-state index contributed by atoms with van der Waals surface area (Å²) in [5, 5.41) is 0. The second kappa shape index (κ2) is 8.41. The van der Waals surface area contributed by atoms with Gasteiger partial charge >= 0.3 is 0 Å². The molecule has 3 aromatic rings. The molecule has 0 bridgehead atoms. The molecule has 0 radical (unpaired) electrons. The van der Waals surface area contributed by atoms with Crippen molar-refractivity contribution in [2.24, 2.45) is 5.92 Å². The van der Waals surface area contributed by atoms with Crippen molar-refractivity contribution in [3.63, 3.8) is 0 Å². The highest BCUT2D eigenvalue weighted by Crippen LogP contribution is 2.33. The topological polar surface area (TPSA) is 30.3 Å². The van der Waals surface area contributed by atoms with Crippen LogP contribution in [0.1, 0.15) is 39.4 Å². The van der Waals surface area contributed by atoms with E-state index in [0.717, 1.165) is 38.1 Å². The standard InChI is InChI=1S/C24H31N3OS/c1-24(2,3)23-25-21-16-19(26(4)29-20-8-6-5-7-9-20)10-11-22(21)27(23)17-18-12-14-28-15-13-18/h5-11,16,18H,12-15,17H2,1-4H3. The molecule has 4 rings (SSSR count). The van der Waals surface area contributed by atoms with E-state index in [2.05, 4.69) is 85.2 Å². The average molecular weight is 410 g/mol. The number of anilines is 1. The number of imidazole rings is 1. The van der Waals surface area contributed by atoms with Crippen LogP contribution < -0.4 is 4.31 Å². The Bertz CT molecular complexity index is 955. The Morgan fingerprint density at radius 3 is 2.52 bits per heavy atom. The lowest BCUT2D eigenvalue weighted by Gasteiger charge is -2.26. The van der Waals surface area contributed by atoms with Crippen LogP contribution in [-0.4, -0.2) is 29.8 Å². The fourth-order valence-corrected chi connectivity index (χ4v) is 4.76. The molecule has 1 saturated heterocycles. The Morgan fingerprint density at radius 1 is 1.10 bits per heavy atom. The molecule has 2 heterocycles. The maximum Gasteiger partial charge on any atom is 0.115 e. The van der Waals surface area contributed by atoms with Crippen molar-refractivity contribution in [2.75, 3.05) is 24.6 Å². The van der Waals surface area contributed by atoms with Crippen LogP contribution in [0.5, 0.6) is 0 Å². The van der Waals surface area contributed by atoms with Gasteiger partial charge in [-0.15, -0.1) is 0 Å². The van der Waals surface area contributed by atoms with Gasteiger partial charge in [-0.1, -0.05) is 39.0 Å². The van der Waals surface area contributed by atoms with Crippen LogP contribution in [0, 0.1) is 5.92 Å². The maximum atomic E-state index is 5.56. The van der Waals surface area contributed by atoms with Crippen LogP contribution in [0.15, 0.2) is 53.4 Å². The van der Waals surface area contributed by atoms with E-state index in [4.69, 9.17) is 9.72 Å². The van der Waals surface area contributed by atoms with E-state index < -0.39 is 0 Å². The summed E-state index contributed by atoms with van der Waals surface area (Å²) < 4.78 is 10.2. The van der Waals surface area contributed by atoms with Gasteiger partial charge in [0.25, 0.3) is 0 Å². The minimum Gasteiger partial charge on any atom is -0.381 e. The molecule has 0 saturated carbocycles. The van der Waals surface area contributed by atoms with Gasteiger partial charge in [-0.05, 0) is 61.0 Å². The summed E-state index contributed by atoms with van der Waals surface area (Å²) in [4.78, 5) is 6.33. The normalized spacial score (nSPS) is 15.7. The Hall–Kier alpha value is -1.98. The summed E-state index contributed by atoms with van der Waals surface area (Å²) in [5.41, 5.74) is 3.50. The number of benzene rings is 2. The number of ether oxygens (including phenoxy) is 1. The number of aromatic nitrogens is 2. The van der Waals surface area contributed by atoms with Crippen molar-refractivity contribution in [2.45, 2.75) is 50.5 Å². The molecule has 0 atom stereocenters. The molecule has 1 aliphatic heterocycles. The van der Waals surface area contributed by atoms with Gasteiger partial charge in [0, 0.05) is 42.8 Å². The quantitative estimate of drug-likeness (QED) is 0.491. The van der Waals surface area contributed by atoms with Crippen LogP contribution in [0.3, 0.4) is 0 Å². The summed E-state index contributed by atoms with van der Waals surface area (Å²) in [7, 11) is 2.11. The van der Waals surface area contributed by atoms with Gasteiger partial charge in [0.15, 0.2) is 0 Å². The van der Waals surface area contributed by atoms with E-state index in [9.17, 15) is 0 Å². The number of rotatable bonds is 5. The summed E-state index contributed by atoms with van der Waals surface area (Å²) in [6.45, 7) is 9.56. The zero-order valence-electron chi connectivity index (χ0n) is 17.9. The molecule has 1 aromatic heterocycles. The summed E-state index contributed by atoms with van der Waals surface area (Å²) in [6.07, 6.45) is 2.27. The number of hydrogen-bond acceptors (Lipinski definition) is 4. The Morgan fingerprint density at radius 2 is 1.83 bits per heavy atom. The molecular formula is C24H31N3OS.